The van der Waals surface area contributed by atoms with Gasteiger partial charge in [-0.1, -0.05) is 0 Å². The van der Waals surface area contributed by atoms with Crippen LogP contribution in [0.3, 0.4) is 0 Å². The summed E-state index contributed by atoms with van der Waals surface area (Å²) in [7, 11) is 1.35. The van der Waals surface area contributed by atoms with E-state index in [1.807, 2.05) is 0 Å². The molecule has 1 rings (SSSR count). The van der Waals surface area contributed by atoms with E-state index in [2.05, 4.69) is 4.98 Å². The van der Waals surface area contributed by atoms with Gasteiger partial charge in [0, 0.05) is 0 Å². The highest BCUT2D eigenvalue weighted by Gasteiger charge is 2.19. The average Bonchev–Trinajstić information content (AvgIpc) is 2.30. The standard InChI is InChI=1S/C5H6N4O3/c1-8-3(9(11)12)2-7-5(8)4(6)10/h2H,1H3,(H2,6,10). The van der Waals surface area contributed by atoms with E-state index in [4.69, 9.17) is 5.73 Å². The molecule has 12 heavy (non-hydrogen) atoms. The lowest BCUT2D eigenvalue weighted by molar-refractivity contribution is -0.391. The first kappa shape index (κ1) is 8.18. The van der Waals surface area contributed by atoms with Crippen LogP contribution in [-0.4, -0.2) is 20.4 Å². The molecule has 64 valence electrons. The summed E-state index contributed by atoms with van der Waals surface area (Å²) in [4.78, 5) is 23.7. The Morgan fingerprint density at radius 1 is 1.83 bits per heavy atom. The lowest BCUT2D eigenvalue weighted by Gasteiger charge is -1.93. The van der Waals surface area contributed by atoms with Crippen molar-refractivity contribution in [1.82, 2.24) is 9.55 Å². The van der Waals surface area contributed by atoms with Crippen molar-refractivity contribution < 1.29 is 9.72 Å². The molecule has 0 saturated carbocycles. The number of nitrogens with two attached hydrogens (primary N) is 1. The maximum atomic E-state index is 10.6. The van der Waals surface area contributed by atoms with Crippen molar-refractivity contribution in [2.24, 2.45) is 12.8 Å². The molecule has 0 aliphatic heterocycles. The van der Waals surface area contributed by atoms with Crippen LogP contribution >= 0.6 is 0 Å². The van der Waals surface area contributed by atoms with Crippen molar-refractivity contribution in [3.05, 3.63) is 22.1 Å². The second-order valence-corrected chi connectivity index (χ2v) is 2.12. The van der Waals surface area contributed by atoms with Gasteiger partial charge in [-0.05, 0) is 4.92 Å². The van der Waals surface area contributed by atoms with Crippen LogP contribution in [-0.2, 0) is 7.05 Å². The number of hydrogen-bond donors (Lipinski definition) is 1. The number of nitrogens with zero attached hydrogens (tertiary/aromatic N) is 3. The number of rotatable bonds is 2. The van der Waals surface area contributed by atoms with Crippen molar-refractivity contribution in [3.8, 4) is 0 Å². The van der Waals surface area contributed by atoms with Gasteiger partial charge in [-0.2, -0.15) is 0 Å². The summed E-state index contributed by atoms with van der Waals surface area (Å²) < 4.78 is 1.03. The molecule has 1 heterocycles. The Kier molecular flexibility index (Phi) is 1.78. The summed E-state index contributed by atoms with van der Waals surface area (Å²) in [6.45, 7) is 0. The van der Waals surface area contributed by atoms with Crippen molar-refractivity contribution in [2.45, 2.75) is 0 Å². The Balaban J connectivity index is 3.22. The molecule has 0 aromatic carbocycles. The van der Waals surface area contributed by atoms with Crippen molar-refractivity contribution in [3.63, 3.8) is 0 Å². The molecule has 0 radical (unpaired) electrons. The largest absolute Gasteiger partial charge is 0.361 e. The smallest absolute Gasteiger partial charge is 0.343 e. The highest BCUT2D eigenvalue weighted by Crippen LogP contribution is 2.10. The number of carbonyl (C=O) groups excluding carboxylic acids is 1. The first-order chi connectivity index (χ1) is 5.54. The fraction of sp³-hybridized carbons (Fsp3) is 0.200. The molecule has 0 fully saturated rings. The Morgan fingerprint density at radius 2 is 2.42 bits per heavy atom. The van der Waals surface area contributed by atoms with Crippen LogP contribution in [0.25, 0.3) is 0 Å². The number of primary amides is 1. The monoisotopic (exact) mass is 170 g/mol. The van der Waals surface area contributed by atoms with Crippen LogP contribution in [0, 0.1) is 10.1 Å². The van der Waals surface area contributed by atoms with Gasteiger partial charge < -0.3 is 15.8 Å². The lowest BCUT2D eigenvalue weighted by Crippen LogP contribution is -2.17. The molecule has 7 nitrogen and oxygen atoms in total. The minimum absolute atomic E-state index is 0.123. The molecule has 0 spiro atoms. The SMILES string of the molecule is Cn1c([N+](=O)[O-])cnc1C(N)=O. The van der Waals surface area contributed by atoms with Crippen LogP contribution in [0.1, 0.15) is 10.6 Å². The van der Waals surface area contributed by atoms with Gasteiger partial charge in [-0.25, -0.2) is 9.55 Å². The summed E-state index contributed by atoms with van der Waals surface area (Å²) in [5.41, 5.74) is 4.88. The molecule has 1 aromatic heterocycles. The van der Waals surface area contributed by atoms with Crippen molar-refractivity contribution in [2.75, 3.05) is 0 Å². The lowest BCUT2D eigenvalue weighted by atomic mass is 10.6. The van der Waals surface area contributed by atoms with Gasteiger partial charge in [-0.3, -0.25) is 4.79 Å². The zero-order valence-electron chi connectivity index (χ0n) is 6.22. The third-order valence-electron chi connectivity index (χ3n) is 1.37. The summed E-state index contributed by atoms with van der Waals surface area (Å²) in [6.07, 6.45) is 0.986. The van der Waals surface area contributed by atoms with Crippen LogP contribution in [0.4, 0.5) is 5.82 Å². The van der Waals surface area contributed by atoms with Gasteiger partial charge in [0.1, 0.15) is 6.20 Å². The van der Waals surface area contributed by atoms with E-state index < -0.39 is 10.8 Å². The van der Waals surface area contributed by atoms with E-state index >= 15 is 0 Å². The average molecular weight is 170 g/mol. The molecular weight excluding hydrogens is 164 g/mol. The Morgan fingerprint density at radius 3 is 2.67 bits per heavy atom. The van der Waals surface area contributed by atoms with E-state index in [9.17, 15) is 14.9 Å². The van der Waals surface area contributed by atoms with E-state index in [1.54, 1.807) is 0 Å². The van der Waals surface area contributed by atoms with Gasteiger partial charge >= 0.3 is 11.7 Å². The van der Waals surface area contributed by atoms with Crippen LogP contribution in [0.15, 0.2) is 6.20 Å². The number of imidazole rings is 1. The second kappa shape index (κ2) is 2.61. The number of carbonyl (C=O) groups is 1. The number of amides is 1. The maximum Gasteiger partial charge on any atom is 0.343 e. The number of hydrogen-bond acceptors (Lipinski definition) is 4. The molecule has 0 aliphatic rings. The predicted octanol–water partition coefficient (Wildman–Crippen LogP) is -0.573. The molecule has 1 aromatic rings. The minimum atomic E-state index is -0.786. The van der Waals surface area contributed by atoms with Gasteiger partial charge in [0.15, 0.2) is 0 Å². The topological polar surface area (TPSA) is 104 Å². The third-order valence-corrected chi connectivity index (χ3v) is 1.37. The van der Waals surface area contributed by atoms with Gasteiger partial charge in [0.25, 0.3) is 5.82 Å². The first-order valence-electron chi connectivity index (χ1n) is 3.00. The Hall–Kier alpha value is -1.92. The molecule has 0 unspecified atom stereocenters. The normalized spacial score (nSPS) is 9.75. The van der Waals surface area contributed by atoms with Gasteiger partial charge in [0.05, 0.1) is 7.05 Å². The van der Waals surface area contributed by atoms with E-state index in [0.29, 0.717) is 0 Å². The van der Waals surface area contributed by atoms with Gasteiger partial charge in [-0.15, -0.1) is 0 Å². The first-order valence-corrected chi connectivity index (χ1v) is 3.00. The molecular formula is C5H6N4O3. The predicted molar refractivity (Wildman–Crippen MR) is 38.4 cm³/mol. The molecule has 2 N–H and O–H groups in total. The van der Waals surface area contributed by atoms with Crippen LogP contribution in [0.5, 0.6) is 0 Å². The van der Waals surface area contributed by atoms with Crippen molar-refractivity contribution in [1.29, 1.82) is 0 Å². The highest BCUT2D eigenvalue weighted by atomic mass is 16.6. The molecule has 0 aliphatic carbocycles. The van der Waals surface area contributed by atoms with E-state index in [0.717, 1.165) is 10.8 Å². The Labute approximate surface area is 67.0 Å². The quantitative estimate of drug-likeness (QED) is 0.473. The summed E-state index contributed by atoms with van der Waals surface area (Å²) in [5, 5.41) is 10.3. The third kappa shape index (κ3) is 1.11. The summed E-state index contributed by atoms with van der Waals surface area (Å²) >= 11 is 0. The van der Waals surface area contributed by atoms with Crippen LogP contribution < -0.4 is 5.73 Å². The number of nitro groups is 1. The fourth-order valence-electron chi connectivity index (χ4n) is 0.799. The van der Waals surface area contributed by atoms with E-state index in [-0.39, 0.29) is 11.6 Å². The molecule has 0 bridgehead atoms. The highest BCUT2D eigenvalue weighted by molar-refractivity contribution is 5.89. The molecule has 0 saturated heterocycles. The fourth-order valence-corrected chi connectivity index (χ4v) is 0.799. The van der Waals surface area contributed by atoms with Crippen LogP contribution in [0.2, 0.25) is 0 Å². The summed E-state index contributed by atoms with van der Waals surface area (Å²) in [6, 6.07) is 0. The van der Waals surface area contributed by atoms with Crippen molar-refractivity contribution >= 4 is 11.7 Å². The molecule has 1 amide bonds. The zero-order valence-corrected chi connectivity index (χ0v) is 6.22. The zero-order chi connectivity index (χ0) is 9.30. The maximum absolute atomic E-state index is 10.6. The second-order valence-electron chi connectivity index (χ2n) is 2.12. The number of aromatic nitrogens is 2. The van der Waals surface area contributed by atoms with E-state index in [1.165, 1.54) is 7.05 Å². The summed E-state index contributed by atoms with van der Waals surface area (Å²) in [5.74, 6) is -1.17. The Bertz CT molecular complexity index is 311. The van der Waals surface area contributed by atoms with Gasteiger partial charge in [0.2, 0.25) is 0 Å². The molecule has 0 atom stereocenters. The minimum Gasteiger partial charge on any atom is -0.361 e. The molecule has 7 heteroatoms.